The highest BCUT2D eigenvalue weighted by atomic mass is 16.6. The average Bonchev–Trinajstić information content (AvgIpc) is 3.35. The van der Waals surface area contributed by atoms with Gasteiger partial charge in [-0.25, -0.2) is 9.78 Å². The van der Waals surface area contributed by atoms with Gasteiger partial charge in [-0.3, -0.25) is 14.8 Å². The first-order chi connectivity index (χ1) is 14.1. The first-order valence-electron chi connectivity index (χ1n) is 9.47. The summed E-state index contributed by atoms with van der Waals surface area (Å²) in [6, 6.07) is 7.24. The van der Waals surface area contributed by atoms with E-state index in [1.54, 1.807) is 0 Å². The number of amides is 2. The second kappa shape index (κ2) is 8.13. The molecule has 150 valence electrons. The summed E-state index contributed by atoms with van der Waals surface area (Å²) in [6.45, 7) is 1.59. The first-order valence-corrected chi connectivity index (χ1v) is 9.47. The summed E-state index contributed by atoms with van der Waals surface area (Å²) in [7, 11) is 0. The highest BCUT2D eigenvalue weighted by Gasteiger charge is 2.15. The number of hydrogen-bond donors (Lipinski definition) is 2. The number of benzene rings is 1. The molecule has 0 aliphatic carbocycles. The van der Waals surface area contributed by atoms with Crippen LogP contribution < -0.4 is 10.6 Å². The van der Waals surface area contributed by atoms with E-state index in [4.69, 9.17) is 0 Å². The van der Waals surface area contributed by atoms with Crippen molar-refractivity contribution < 1.29 is 9.72 Å². The Bertz CT molecular complexity index is 1040. The lowest BCUT2D eigenvalue weighted by atomic mass is 10.1. The van der Waals surface area contributed by atoms with Gasteiger partial charge in [0.1, 0.15) is 18.2 Å². The van der Waals surface area contributed by atoms with Gasteiger partial charge in [0.25, 0.3) is 0 Å². The third-order valence-corrected chi connectivity index (χ3v) is 4.84. The monoisotopic (exact) mass is 395 g/mol. The van der Waals surface area contributed by atoms with Gasteiger partial charge in [0.05, 0.1) is 11.5 Å². The largest absolute Gasteiger partial charge is 0.336 e. The molecule has 3 aromatic rings. The predicted molar refractivity (Wildman–Crippen MR) is 107 cm³/mol. The molecule has 0 saturated carbocycles. The lowest BCUT2D eigenvalue weighted by Crippen LogP contribution is -2.31. The van der Waals surface area contributed by atoms with Gasteiger partial charge in [-0.1, -0.05) is 12.1 Å². The van der Waals surface area contributed by atoms with Crippen LogP contribution in [0.4, 0.5) is 16.2 Å². The maximum atomic E-state index is 12.2. The standard InChI is InChI=1S/C19H21N7O3/c27-19(20-7-9-24-13-17(12-22-24)26(28)29)23-15-5-3-4-14(10-15)18-21-11-16-6-1-2-8-25(16)18/h3-5,10-13H,1-2,6-9H2,(H2,20,23,27). The van der Waals surface area contributed by atoms with Crippen molar-refractivity contribution in [2.24, 2.45) is 0 Å². The molecule has 1 aliphatic rings. The van der Waals surface area contributed by atoms with Crippen molar-refractivity contribution in [1.82, 2.24) is 24.6 Å². The van der Waals surface area contributed by atoms with E-state index in [0.717, 1.165) is 30.8 Å². The number of carbonyl (C=O) groups excluding carboxylic acids is 1. The van der Waals surface area contributed by atoms with Gasteiger partial charge in [0.2, 0.25) is 0 Å². The van der Waals surface area contributed by atoms with Crippen LogP contribution in [-0.4, -0.2) is 36.8 Å². The molecular formula is C19H21N7O3. The Labute approximate surface area is 166 Å². The molecule has 29 heavy (non-hydrogen) atoms. The molecule has 2 amide bonds. The van der Waals surface area contributed by atoms with Crippen LogP contribution in [0.1, 0.15) is 18.5 Å². The van der Waals surface area contributed by atoms with Crippen molar-refractivity contribution in [3.8, 4) is 11.4 Å². The molecule has 2 aromatic heterocycles. The smallest absolute Gasteiger partial charge is 0.319 e. The van der Waals surface area contributed by atoms with Crippen LogP contribution in [0.2, 0.25) is 0 Å². The van der Waals surface area contributed by atoms with Gasteiger partial charge in [-0.15, -0.1) is 0 Å². The van der Waals surface area contributed by atoms with Crippen molar-refractivity contribution in [3.63, 3.8) is 0 Å². The fraction of sp³-hybridized carbons (Fsp3) is 0.316. The Kier molecular flexibility index (Phi) is 5.23. The normalized spacial score (nSPS) is 13.0. The van der Waals surface area contributed by atoms with Gasteiger partial charge in [-0.2, -0.15) is 5.10 Å². The SMILES string of the molecule is O=C(NCCn1cc([N+](=O)[O-])cn1)Nc1cccc(-c2ncc3n2CCCC3)c1. The Morgan fingerprint density at radius 3 is 3.00 bits per heavy atom. The van der Waals surface area contributed by atoms with Gasteiger partial charge >= 0.3 is 11.7 Å². The van der Waals surface area contributed by atoms with Crippen molar-refractivity contribution >= 4 is 17.4 Å². The zero-order chi connectivity index (χ0) is 20.2. The zero-order valence-corrected chi connectivity index (χ0v) is 15.7. The number of hydrogen-bond acceptors (Lipinski definition) is 5. The van der Waals surface area contributed by atoms with Gasteiger partial charge in [0.15, 0.2) is 0 Å². The van der Waals surface area contributed by atoms with Crippen LogP contribution in [-0.2, 0) is 19.5 Å². The molecule has 0 fully saturated rings. The number of carbonyl (C=O) groups is 1. The number of nitrogens with one attached hydrogen (secondary N) is 2. The average molecular weight is 395 g/mol. The predicted octanol–water partition coefficient (Wildman–Crippen LogP) is 2.81. The summed E-state index contributed by atoms with van der Waals surface area (Å²) in [6.07, 6.45) is 7.83. The molecule has 10 heteroatoms. The summed E-state index contributed by atoms with van der Waals surface area (Å²) in [5.41, 5.74) is 2.80. The minimum Gasteiger partial charge on any atom is -0.336 e. The minimum atomic E-state index is -0.506. The second-order valence-electron chi connectivity index (χ2n) is 6.86. The Morgan fingerprint density at radius 1 is 1.28 bits per heavy atom. The Morgan fingerprint density at radius 2 is 2.17 bits per heavy atom. The summed E-state index contributed by atoms with van der Waals surface area (Å²) in [4.78, 5) is 26.9. The van der Waals surface area contributed by atoms with Crippen LogP contribution in [0.5, 0.6) is 0 Å². The quantitative estimate of drug-likeness (QED) is 0.491. The van der Waals surface area contributed by atoms with Gasteiger partial charge in [-0.05, 0) is 31.4 Å². The molecule has 2 N–H and O–H groups in total. The number of urea groups is 1. The number of anilines is 1. The Balaban J connectivity index is 1.34. The number of aryl methyl sites for hydroxylation is 1. The molecule has 4 rings (SSSR count). The van der Waals surface area contributed by atoms with E-state index in [-0.39, 0.29) is 18.3 Å². The summed E-state index contributed by atoms with van der Waals surface area (Å²) in [5.74, 6) is 0.920. The topological polar surface area (TPSA) is 120 Å². The summed E-state index contributed by atoms with van der Waals surface area (Å²) in [5, 5.41) is 20.1. The number of imidazole rings is 1. The molecule has 0 unspecified atom stereocenters. The third kappa shape index (κ3) is 4.26. The molecule has 0 bridgehead atoms. The second-order valence-corrected chi connectivity index (χ2v) is 6.86. The summed E-state index contributed by atoms with van der Waals surface area (Å²) >= 11 is 0. The highest BCUT2D eigenvalue weighted by Crippen LogP contribution is 2.26. The fourth-order valence-electron chi connectivity index (χ4n) is 3.43. The van der Waals surface area contributed by atoms with E-state index in [9.17, 15) is 14.9 Å². The fourth-order valence-corrected chi connectivity index (χ4v) is 3.43. The van der Waals surface area contributed by atoms with E-state index in [2.05, 4.69) is 25.3 Å². The molecule has 1 aliphatic heterocycles. The molecule has 0 spiro atoms. The van der Waals surface area contributed by atoms with E-state index >= 15 is 0 Å². The lowest BCUT2D eigenvalue weighted by Gasteiger charge is -2.17. The molecule has 1 aromatic carbocycles. The lowest BCUT2D eigenvalue weighted by molar-refractivity contribution is -0.385. The number of nitro groups is 1. The molecule has 0 atom stereocenters. The van der Waals surface area contributed by atoms with E-state index in [0.29, 0.717) is 12.2 Å². The first kappa shape index (κ1) is 18.7. The van der Waals surface area contributed by atoms with Crippen molar-refractivity contribution in [3.05, 3.63) is 58.7 Å². The highest BCUT2D eigenvalue weighted by molar-refractivity contribution is 5.89. The van der Waals surface area contributed by atoms with E-state index < -0.39 is 4.92 Å². The maximum absolute atomic E-state index is 12.2. The van der Waals surface area contributed by atoms with Crippen LogP contribution >= 0.6 is 0 Å². The number of fused-ring (bicyclic) bond motifs is 1. The Hall–Kier alpha value is -3.69. The molecule has 0 radical (unpaired) electrons. The third-order valence-electron chi connectivity index (χ3n) is 4.84. The van der Waals surface area contributed by atoms with Crippen molar-refractivity contribution in [1.29, 1.82) is 0 Å². The van der Waals surface area contributed by atoms with Crippen LogP contribution in [0.3, 0.4) is 0 Å². The van der Waals surface area contributed by atoms with Crippen LogP contribution in [0.15, 0.2) is 42.9 Å². The van der Waals surface area contributed by atoms with Crippen LogP contribution in [0, 0.1) is 10.1 Å². The number of rotatable bonds is 6. The van der Waals surface area contributed by atoms with Crippen LogP contribution in [0.25, 0.3) is 11.4 Å². The van der Waals surface area contributed by atoms with E-state index in [1.807, 2.05) is 30.5 Å². The minimum absolute atomic E-state index is 0.0764. The van der Waals surface area contributed by atoms with Gasteiger partial charge < -0.3 is 15.2 Å². The zero-order valence-electron chi connectivity index (χ0n) is 15.7. The number of nitrogens with zero attached hydrogens (tertiary/aromatic N) is 5. The van der Waals surface area contributed by atoms with Crippen molar-refractivity contribution in [2.45, 2.75) is 32.4 Å². The van der Waals surface area contributed by atoms with E-state index in [1.165, 1.54) is 29.2 Å². The molecule has 3 heterocycles. The molecule has 0 saturated heterocycles. The summed E-state index contributed by atoms with van der Waals surface area (Å²) < 4.78 is 3.66. The van der Waals surface area contributed by atoms with Crippen molar-refractivity contribution in [2.75, 3.05) is 11.9 Å². The van der Waals surface area contributed by atoms with Gasteiger partial charge in [0, 0.05) is 36.2 Å². The number of aromatic nitrogens is 4. The molecule has 10 nitrogen and oxygen atoms in total. The molecular weight excluding hydrogens is 374 g/mol. The maximum Gasteiger partial charge on any atom is 0.319 e.